The van der Waals surface area contributed by atoms with Crippen LogP contribution in [0.2, 0.25) is 0 Å². The number of fused-ring (bicyclic) bond motifs is 1. The SMILES string of the molecule is O=[C]c1cccc(Cc2ccc(OCc3ccc4ccccc4n3)cc2)c1. The molecule has 4 aromatic rings. The number of ether oxygens (including phenoxy) is 1. The van der Waals surface area contributed by atoms with Gasteiger partial charge in [-0.2, -0.15) is 0 Å². The number of carbonyl (C=O) groups excluding carboxylic acids is 1. The first-order valence-electron chi connectivity index (χ1n) is 8.84. The van der Waals surface area contributed by atoms with Gasteiger partial charge in [0.2, 0.25) is 6.29 Å². The van der Waals surface area contributed by atoms with Gasteiger partial charge in [0.15, 0.2) is 0 Å². The molecule has 27 heavy (non-hydrogen) atoms. The highest BCUT2D eigenvalue weighted by molar-refractivity contribution is 5.78. The van der Waals surface area contributed by atoms with Crippen molar-refractivity contribution in [1.82, 2.24) is 4.98 Å². The van der Waals surface area contributed by atoms with Crippen LogP contribution in [-0.4, -0.2) is 11.3 Å². The molecule has 1 heterocycles. The number of hydrogen-bond donors (Lipinski definition) is 0. The Bertz CT molecular complexity index is 1070. The minimum Gasteiger partial charge on any atom is -0.487 e. The molecule has 3 heteroatoms. The van der Waals surface area contributed by atoms with Crippen LogP contribution >= 0.6 is 0 Å². The number of rotatable bonds is 6. The third kappa shape index (κ3) is 4.21. The molecular weight excluding hydrogens is 334 g/mol. The van der Waals surface area contributed by atoms with Crippen molar-refractivity contribution in [2.75, 3.05) is 0 Å². The predicted molar refractivity (Wildman–Crippen MR) is 107 cm³/mol. The molecule has 1 aromatic heterocycles. The Morgan fingerprint density at radius 1 is 0.815 bits per heavy atom. The summed E-state index contributed by atoms with van der Waals surface area (Å²) in [6.45, 7) is 0.432. The lowest BCUT2D eigenvalue weighted by molar-refractivity contribution is 0.301. The van der Waals surface area contributed by atoms with E-state index in [1.54, 1.807) is 6.07 Å². The van der Waals surface area contributed by atoms with Crippen LogP contribution in [0.4, 0.5) is 0 Å². The van der Waals surface area contributed by atoms with Crippen LogP contribution in [0.5, 0.6) is 5.75 Å². The lowest BCUT2D eigenvalue weighted by atomic mass is 10.0. The molecule has 0 spiro atoms. The summed E-state index contributed by atoms with van der Waals surface area (Å²) in [5.41, 5.74) is 4.71. The molecule has 131 valence electrons. The first kappa shape index (κ1) is 17.0. The summed E-state index contributed by atoms with van der Waals surface area (Å²) in [5, 5.41) is 1.13. The van der Waals surface area contributed by atoms with Gasteiger partial charge < -0.3 is 4.74 Å². The lowest BCUT2D eigenvalue weighted by Gasteiger charge is -2.08. The Morgan fingerprint density at radius 3 is 2.52 bits per heavy atom. The molecule has 0 aliphatic carbocycles. The Balaban J connectivity index is 1.40. The first-order chi connectivity index (χ1) is 13.3. The van der Waals surface area contributed by atoms with Crippen LogP contribution in [0, 0.1) is 0 Å². The van der Waals surface area contributed by atoms with Gasteiger partial charge in [0, 0.05) is 10.9 Å². The van der Waals surface area contributed by atoms with Crippen molar-refractivity contribution in [3.63, 3.8) is 0 Å². The fourth-order valence-corrected chi connectivity index (χ4v) is 3.03. The maximum Gasteiger partial charge on any atom is 0.233 e. The van der Waals surface area contributed by atoms with E-state index < -0.39 is 0 Å². The zero-order valence-corrected chi connectivity index (χ0v) is 14.8. The first-order valence-corrected chi connectivity index (χ1v) is 8.84. The molecule has 0 atom stereocenters. The summed E-state index contributed by atoms with van der Waals surface area (Å²) in [6.07, 6.45) is 2.70. The zero-order valence-electron chi connectivity index (χ0n) is 14.8. The van der Waals surface area contributed by atoms with Crippen LogP contribution in [0.15, 0.2) is 84.9 Å². The highest BCUT2D eigenvalue weighted by Crippen LogP contribution is 2.18. The van der Waals surface area contributed by atoms with E-state index >= 15 is 0 Å². The Labute approximate surface area is 158 Å². The monoisotopic (exact) mass is 352 g/mol. The summed E-state index contributed by atoms with van der Waals surface area (Å²) in [7, 11) is 0. The molecule has 0 saturated heterocycles. The molecule has 1 radical (unpaired) electrons. The minimum absolute atomic E-state index is 0.432. The molecule has 3 aromatic carbocycles. The molecule has 0 unspecified atom stereocenters. The minimum atomic E-state index is 0.432. The summed E-state index contributed by atoms with van der Waals surface area (Å²) in [6, 6.07) is 27.6. The molecule has 4 rings (SSSR count). The molecule has 3 nitrogen and oxygen atoms in total. The van der Waals surface area contributed by atoms with Crippen molar-refractivity contribution in [3.8, 4) is 5.75 Å². The van der Waals surface area contributed by atoms with Crippen LogP contribution < -0.4 is 4.74 Å². The van der Waals surface area contributed by atoms with Gasteiger partial charge in [-0.05, 0) is 47.9 Å². The summed E-state index contributed by atoms with van der Waals surface area (Å²) in [5.74, 6) is 0.809. The van der Waals surface area contributed by atoms with Crippen molar-refractivity contribution >= 4 is 17.2 Å². The molecule has 0 amide bonds. The average molecular weight is 352 g/mol. The van der Waals surface area contributed by atoms with E-state index in [1.165, 1.54) is 0 Å². The standard InChI is InChI=1S/C24H18NO2/c26-16-20-5-3-4-19(15-20)14-18-8-12-23(13-9-18)27-17-22-11-10-21-6-1-2-7-24(21)25-22/h1-13,15H,14,17H2. The molecule has 0 aliphatic rings. The fourth-order valence-electron chi connectivity index (χ4n) is 3.03. The smallest absolute Gasteiger partial charge is 0.233 e. The lowest BCUT2D eigenvalue weighted by Crippen LogP contribution is -1.98. The van der Waals surface area contributed by atoms with Gasteiger partial charge in [0.05, 0.1) is 11.2 Å². The number of nitrogens with zero attached hydrogens (tertiary/aromatic N) is 1. The van der Waals surface area contributed by atoms with Crippen molar-refractivity contribution in [2.24, 2.45) is 0 Å². The normalized spacial score (nSPS) is 10.7. The summed E-state index contributed by atoms with van der Waals surface area (Å²) >= 11 is 0. The van der Waals surface area contributed by atoms with E-state index in [4.69, 9.17) is 4.74 Å². The molecule has 0 fully saturated rings. The van der Waals surface area contributed by atoms with E-state index in [9.17, 15) is 4.79 Å². The molecule has 0 bridgehead atoms. The van der Waals surface area contributed by atoms with E-state index in [0.29, 0.717) is 12.2 Å². The molecule has 0 saturated carbocycles. The maximum absolute atomic E-state index is 10.8. The van der Waals surface area contributed by atoms with Crippen LogP contribution in [0.25, 0.3) is 10.9 Å². The van der Waals surface area contributed by atoms with Crippen molar-refractivity contribution in [2.45, 2.75) is 13.0 Å². The molecular formula is C24H18NO2. The average Bonchev–Trinajstić information content (AvgIpc) is 2.73. The number of pyridine rings is 1. The second-order valence-corrected chi connectivity index (χ2v) is 6.41. The van der Waals surface area contributed by atoms with Gasteiger partial charge >= 0.3 is 0 Å². The van der Waals surface area contributed by atoms with Crippen molar-refractivity contribution in [3.05, 3.63) is 107 Å². The Morgan fingerprint density at radius 2 is 1.67 bits per heavy atom. The quantitative estimate of drug-likeness (QED) is 0.497. The van der Waals surface area contributed by atoms with Crippen molar-refractivity contribution in [1.29, 1.82) is 0 Å². The largest absolute Gasteiger partial charge is 0.487 e. The third-order valence-corrected chi connectivity index (χ3v) is 4.42. The second kappa shape index (κ2) is 7.83. The van der Waals surface area contributed by atoms with Gasteiger partial charge in [0.1, 0.15) is 12.4 Å². The van der Waals surface area contributed by atoms with Gasteiger partial charge in [-0.25, -0.2) is 4.98 Å². The third-order valence-electron chi connectivity index (χ3n) is 4.42. The summed E-state index contributed by atoms with van der Waals surface area (Å²) < 4.78 is 5.87. The van der Waals surface area contributed by atoms with Gasteiger partial charge in [0.25, 0.3) is 0 Å². The Hall–Kier alpha value is -3.46. The topological polar surface area (TPSA) is 39.2 Å². The summed E-state index contributed by atoms with van der Waals surface area (Å²) in [4.78, 5) is 15.4. The number of hydrogen-bond acceptors (Lipinski definition) is 3. The maximum atomic E-state index is 10.8. The van der Waals surface area contributed by atoms with E-state index in [-0.39, 0.29) is 0 Å². The highest BCUT2D eigenvalue weighted by atomic mass is 16.5. The Kier molecular flexibility index (Phi) is 4.93. The zero-order chi connectivity index (χ0) is 18.5. The highest BCUT2D eigenvalue weighted by Gasteiger charge is 2.02. The van der Waals surface area contributed by atoms with Crippen LogP contribution in [0.1, 0.15) is 22.4 Å². The van der Waals surface area contributed by atoms with E-state index in [0.717, 1.165) is 39.9 Å². The van der Waals surface area contributed by atoms with Crippen molar-refractivity contribution < 1.29 is 9.53 Å². The van der Waals surface area contributed by atoms with E-state index in [1.807, 2.05) is 73.0 Å². The second-order valence-electron chi connectivity index (χ2n) is 6.41. The number of benzene rings is 3. The number of para-hydroxylation sites is 1. The van der Waals surface area contributed by atoms with Gasteiger partial charge in [-0.15, -0.1) is 0 Å². The van der Waals surface area contributed by atoms with Gasteiger partial charge in [-0.3, -0.25) is 4.79 Å². The van der Waals surface area contributed by atoms with E-state index in [2.05, 4.69) is 17.1 Å². The molecule has 0 aliphatic heterocycles. The van der Waals surface area contributed by atoms with Gasteiger partial charge in [-0.1, -0.05) is 54.6 Å². The van der Waals surface area contributed by atoms with Crippen LogP contribution in [0.3, 0.4) is 0 Å². The fraction of sp³-hybridized carbons (Fsp3) is 0.0833. The number of aromatic nitrogens is 1. The molecule has 0 N–H and O–H groups in total. The van der Waals surface area contributed by atoms with Crippen LogP contribution in [-0.2, 0) is 17.8 Å². The predicted octanol–water partition coefficient (Wildman–Crippen LogP) is 4.86.